The Morgan fingerprint density at radius 3 is 1.71 bits per heavy atom. The van der Waals surface area contributed by atoms with E-state index in [-0.39, 0.29) is 5.41 Å². The molecule has 0 saturated carbocycles. The summed E-state index contributed by atoms with van der Waals surface area (Å²) in [7, 11) is 0. The number of fused-ring (bicyclic) bond motifs is 10. The van der Waals surface area contributed by atoms with Gasteiger partial charge in [-0.2, -0.15) is 0 Å². The van der Waals surface area contributed by atoms with Crippen molar-refractivity contribution in [2.24, 2.45) is 0 Å². The van der Waals surface area contributed by atoms with Crippen molar-refractivity contribution in [2.45, 2.75) is 24.7 Å². The summed E-state index contributed by atoms with van der Waals surface area (Å²) in [6.07, 6.45) is 10.9. The SMILES string of the molecule is CC1(C)c2ccccc2C2(c3ccccc3-c3ccc(C(/C=C\c4ccc(-c5ccccc5)cc4)=C/C=C/Nc4ccc(-c5ccc6ccccc6c5)cc4)cc32)c2ccccc21. The zero-order valence-electron chi connectivity index (χ0n) is 35.6. The van der Waals surface area contributed by atoms with Gasteiger partial charge in [-0.25, -0.2) is 0 Å². The van der Waals surface area contributed by atoms with Gasteiger partial charge in [0.15, 0.2) is 0 Å². The third kappa shape index (κ3) is 6.56. The van der Waals surface area contributed by atoms with E-state index in [0.29, 0.717) is 0 Å². The second kappa shape index (κ2) is 15.6. The van der Waals surface area contributed by atoms with Gasteiger partial charge in [0.25, 0.3) is 0 Å². The quantitative estimate of drug-likeness (QED) is 0.151. The van der Waals surface area contributed by atoms with E-state index in [2.05, 4.69) is 256 Å². The summed E-state index contributed by atoms with van der Waals surface area (Å²) in [5, 5.41) is 6.04. The van der Waals surface area contributed by atoms with Crippen LogP contribution in [0.4, 0.5) is 5.69 Å². The minimum Gasteiger partial charge on any atom is -0.362 e. The predicted molar refractivity (Wildman–Crippen MR) is 267 cm³/mol. The van der Waals surface area contributed by atoms with Gasteiger partial charge in [-0.1, -0.05) is 220 Å². The fourth-order valence-corrected chi connectivity index (χ4v) is 10.3. The number of anilines is 1. The first-order chi connectivity index (χ1) is 31.0. The van der Waals surface area contributed by atoms with Crippen molar-refractivity contribution in [3.05, 3.63) is 281 Å². The van der Waals surface area contributed by atoms with Crippen LogP contribution < -0.4 is 5.32 Å². The van der Waals surface area contributed by atoms with E-state index in [1.165, 1.54) is 83.1 Å². The van der Waals surface area contributed by atoms with E-state index >= 15 is 0 Å². The van der Waals surface area contributed by atoms with Crippen LogP contribution in [0.15, 0.2) is 237 Å². The topological polar surface area (TPSA) is 12.0 Å². The molecule has 9 aromatic carbocycles. The number of nitrogens with one attached hydrogen (secondary N) is 1. The van der Waals surface area contributed by atoms with Gasteiger partial charge >= 0.3 is 0 Å². The molecule has 0 bridgehead atoms. The van der Waals surface area contributed by atoms with E-state index < -0.39 is 5.41 Å². The Hall–Kier alpha value is -7.74. The average Bonchev–Trinajstić information content (AvgIpc) is 3.64. The molecule has 1 N–H and O–H groups in total. The molecule has 0 unspecified atom stereocenters. The minimum atomic E-state index is -0.455. The fourth-order valence-electron chi connectivity index (χ4n) is 10.3. The largest absolute Gasteiger partial charge is 0.362 e. The van der Waals surface area contributed by atoms with E-state index in [4.69, 9.17) is 0 Å². The number of hydrogen-bond acceptors (Lipinski definition) is 1. The van der Waals surface area contributed by atoms with Gasteiger partial charge < -0.3 is 5.32 Å². The molecular weight excluding hydrogens is 759 g/mol. The lowest BCUT2D eigenvalue weighted by Crippen LogP contribution is -2.40. The van der Waals surface area contributed by atoms with Crippen LogP contribution in [0.3, 0.4) is 0 Å². The van der Waals surface area contributed by atoms with Gasteiger partial charge in [-0.05, 0) is 125 Å². The molecule has 63 heavy (non-hydrogen) atoms. The normalized spacial score (nSPS) is 14.4. The highest BCUT2D eigenvalue weighted by atomic mass is 14.8. The highest BCUT2D eigenvalue weighted by Gasteiger charge is 2.53. The van der Waals surface area contributed by atoms with Crippen LogP contribution in [0.2, 0.25) is 0 Å². The Labute approximate surface area is 371 Å². The summed E-state index contributed by atoms with van der Waals surface area (Å²) < 4.78 is 0. The van der Waals surface area contributed by atoms with Crippen molar-refractivity contribution in [3.63, 3.8) is 0 Å². The number of hydrogen-bond donors (Lipinski definition) is 1. The summed E-state index contributed by atoms with van der Waals surface area (Å²) >= 11 is 0. The Morgan fingerprint density at radius 1 is 0.429 bits per heavy atom. The molecule has 0 fully saturated rings. The Morgan fingerprint density at radius 2 is 0.984 bits per heavy atom. The van der Waals surface area contributed by atoms with Gasteiger partial charge in [0.1, 0.15) is 0 Å². The van der Waals surface area contributed by atoms with E-state index in [1.807, 2.05) is 6.20 Å². The summed E-state index contributed by atoms with van der Waals surface area (Å²) in [6, 6.07) is 77.8. The number of allylic oxidation sites excluding steroid dienone is 4. The molecule has 0 atom stereocenters. The third-order valence-electron chi connectivity index (χ3n) is 13.4. The predicted octanol–water partition coefficient (Wildman–Crippen LogP) is 15.9. The molecule has 0 aromatic heterocycles. The Balaban J connectivity index is 0.986. The van der Waals surface area contributed by atoms with E-state index in [9.17, 15) is 0 Å². The summed E-state index contributed by atoms with van der Waals surface area (Å²) in [4.78, 5) is 0. The molecule has 0 saturated heterocycles. The third-order valence-corrected chi connectivity index (χ3v) is 13.4. The molecule has 9 aromatic rings. The van der Waals surface area contributed by atoms with Crippen molar-refractivity contribution >= 4 is 28.1 Å². The van der Waals surface area contributed by atoms with E-state index in [0.717, 1.165) is 16.8 Å². The summed E-state index contributed by atoms with van der Waals surface area (Å²) in [6.45, 7) is 4.76. The van der Waals surface area contributed by atoms with Crippen molar-refractivity contribution in [2.75, 3.05) is 5.32 Å². The lowest BCUT2D eigenvalue weighted by molar-refractivity contribution is 0.563. The maximum Gasteiger partial charge on any atom is 0.0719 e. The average molecular weight is 806 g/mol. The molecule has 0 aliphatic heterocycles. The first-order valence-electron chi connectivity index (χ1n) is 22.0. The van der Waals surface area contributed by atoms with Crippen LogP contribution in [0, 0.1) is 0 Å². The maximum atomic E-state index is 3.54. The number of benzene rings is 9. The second-order valence-corrected chi connectivity index (χ2v) is 17.4. The second-order valence-electron chi connectivity index (χ2n) is 17.4. The number of rotatable bonds is 8. The van der Waals surface area contributed by atoms with Crippen molar-refractivity contribution in [1.29, 1.82) is 0 Å². The van der Waals surface area contributed by atoms with Crippen LogP contribution in [-0.2, 0) is 10.8 Å². The van der Waals surface area contributed by atoms with E-state index in [1.54, 1.807) is 0 Å². The Bertz CT molecular complexity index is 3200. The van der Waals surface area contributed by atoms with Crippen LogP contribution in [0.1, 0.15) is 58.4 Å². The van der Waals surface area contributed by atoms with Crippen LogP contribution >= 0.6 is 0 Å². The van der Waals surface area contributed by atoms with Crippen molar-refractivity contribution in [3.8, 4) is 33.4 Å². The van der Waals surface area contributed by atoms with Crippen molar-refractivity contribution in [1.82, 2.24) is 0 Å². The molecule has 1 spiro atoms. The zero-order valence-corrected chi connectivity index (χ0v) is 35.6. The molecule has 2 aliphatic carbocycles. The molecule has 300 valence electrons. The molecule has 0 radical (unpaired) electrons. The lowest BCUT2D eigenvalue weighted by Gasteiger charge is -2.46. The standard InChI is InChI=1S/C62H47N/c1-61(2)56-22-10-12-24-58(56)62(59-25-13-11-23-57(59)61)55-21-9-8-20-53(55)54-39-36-51(42-60(54)62)46(29-26-43-27-30-47(31-28-43)44-15-4-3-5-16-44)19-14-40-63-52-37-34-48(35-38-52)50-33-32-45-17-6-7-18-49(45)41-50/h3-42,63H,1-2H3/b29-26-,40-14+,46-19+. The monoisotopic (exact) mass is 805 g/mol. The molecule has 11 rings (SSSR count). The van der Waals surface area contributed by atoms with Gasteiger partial charge in [0, 0.05) is 17.3 Å². The summed E-state index contributed by atoms with van der Waals surface area (Å²) in [5.74, 6) is 0. The van der Waals surface area contributed by atoms with Crippen LogP contribution in [0.25, 0.3) is 55.8 Å². The van der Waals surface area contributed by atoms with Gasteiger partial charge in [-0.15, -0.1) is 0 Å². The molecule has 1 heteroatoms. The molecule has 0 amide bonds. The minimum absolute atomic E-state index is 0.147. The summed E-state index contributed by atoms with van der Waals surface area (Å²) in [5.41, 5.74) is 19.5. The maximum absolute atomic E-state index is 3.54. The molecule has 1 nitrogen and oxygen atoms in total. The Kier molecular flexibility index (Phi) is 9.47. The van der Waals surface area contributed by atoms with Crippen LogP contribution in [0.5, 0.6) is 0 Å². The highest BCUT2D eigenvalue weighted by molar-refractivity contribution is 5.91. The lowest BCUT2D eigenvalue weighted by atomic mass is 9.55. The van der Waals surface area contributed by atoms with Gasteiger partial charge in [-0.3, -0.25) is 0 Å². The smallest absolute Gasteiger partial charge is 0.0719 e. The highest BCUT2D eigenvalue weighted by Crippen LogP contribution is 2.62. The molecule has 2 aliphatic rings. The first kappa shape index (κ1) is 38.2. The van der Waals surface area contributed by atoms with Gasteiger partial charge in [0.2, 0.25) is 0 Å². The molecule has 0 heterocycles. The van der Waals surface area contributed by atoms with Gasteiger partial charge in [0.05, 0.1) is 5.41 Å². The molecular formula is C62H47N. The zero-order chi connectivity index (χ0) is 42.4. The fraction of sp³-hybridized carbons (Fsp3) is 0.0645. The first-order valence-corrected chi connectivity index (χ1v) is 22.0. The van der Waals surface area contributed by atoms with Crippen LogP contribution in [-0.4, -0.2) is 0 Å². The van der Waals surface area contributed by atoms with Crippen molar-refractivity contribution < 1.29 is 0 Å².